The van der Waals surface area contributed by atoms with E-state index in [4.69, 9.17) is 4.42 Å². The zero-order chi connectivity index (χ0) is 20.1. The second-order valence-electron chi connectivity index (χ2n) is 6.48. The van der Waals surface area contributed by atoms with Gasteiger partial charge in [0.2, 0.25) is 5.91 Å². The lowest BCUT2D eigenvalue weighted by molar-refractivity contribution is -0.125. The Morgan fingerprint density at radius 2 is 1.93 bits per heavy atom. The number of phenols is 1. The van der Waals surface area contributed by atoms with Gasteiger partial charge in [-0.3, -0.25) is 9.59 Å². The Labute approximate surface area is 157 Å². The number of aromatic hydroxyl groups is 1. The van der Waals surface area contributed by atoms with E-state index >= 15 is 0 Å². The predicted molar refractivity (Wildman–Crippen MR) is 104 cm³/mol. The molecule has 7 nitrogen and oxygen atoms in total. The average molecular weight is 372 g/mol. The lowest BCUT2D eigenvalue weighted by Gasteiger charge is -2.21. The third-order valence-electron chi connectivity index (χ3n) is 4.42. The molecule has 0 atom stereocenters. The number of rotatable bonds is 7. The maximum Gasteiger partial charge on any atom is 0.343 e. The van der Waals surface area contributed by atoms with Crippen molar-refractivity contribution in [3.63, 3.8) is 0 Å². The molecule has 0 aliphatic rings. The maximum atomic E-state index is 12.4. The van der Waals surface area contributed by atoms with Crippen LogP contribution in [-0.2, 0) is 4.79 Å². The van der Waals surface area contributed by atoms with Crippen molar-refractivity contribution in [1.29, 1.82) is 0 Å². The topological polar surface area (TPSA) is 91.1 Å². The first kappa shape index (κ1) is 20.4. The summed E-state index contributed by atoms with van der Waals surface area (Å²) in [4.78, 5) is 39.6. The van der Waals surface area contributed by atoms with Gasteiger partial charge in [-0.2, -0.15) is 0 Å². The molecule has 0 aliphatic carbocycles. The molecule has 0 fully saturated rings. The Morgan fingerprint density at radius 1 is 1.22 bits per heavy atom. The molecule has 1 heterocycles. The van der Waals surface area contributed by atoms with Crippen LogP contribution in [0.5, 0.6) is 5.75 Å². The van der Waals surface area contributed by atoms with E-state index in [1.807, 2.05) is 25.9 Å². The van der Waals surface area contributed by atoms with Crippen molar-refractivity contribution in [3.8, 4) is 5.75 Å². The van der Waals surface area contributed by atoms with Crippen molar-refractivity contribution in [3.05, 3.63) is 45.3 Å². The molecule has 2 rings (SSSR count). The van der Waals surface area contributed by atoms with Crippen LogP contribution in [0.3, 0.4) is 0 Å². The van der Waals surface area contributed by atoms with Crippen molar-refractivity contribution in [2.45, 2.75) is 13.8 Å². The average Bonchev–Trinajstić information content (AvgIpc) is 2.61. The summed E-state index contributed by atoms with van der Waals surface area (Å²) in [5.74, 6) is -0.449. The number of phenolic OH excluding ortho intramolecular Hbond substituents is 1. The van der Waals surface area contributed by atoms with Gasteiger partial charge in [0.1, 0.15) is 5.75 Å². The quantitative estimate of drug-likeness (QED) is 0.454. The Morgan fingerprint density at radius 3 is 2.52 bits per heavy atom. The van der Waals surface area contributed by atoms with Gasteiger partial charge in [-0.05, 0) is 51.7 Å². The van der Waals surface area contributed by atoms with Gasteiger partial charge in [0, 0.05) is 31.1 Å². The molecule has 27 heavy (non-hydrogen) atoms. The fraction of sp³-hybridized carbons (Fsp3) is 0.350. The second-order valence-corrected chi connectivity index (χ2v) is 6.48. The molecule has 0 saturated carbocycles. The van der Waals surface area contributed by atoms with E-state index in [-0.39, 0.29) is 28.4 Å². The highest BCUT2D eigenvalue weighted by Crippen LogP contribution is 2.28. The standard InChI is InChI=1S/C20H24N2O5/c1-5-22(11-10-21(3)4)18(25)9-7-15-13(2)14-6-8-17(24)16(12-23)19(14)27-20(15)26/h6-9,12,24H,5,10-11H2,1-4H3/b9-7+. The highest BCUT2D eigenvalue weighted by Gasteiger charge is 2.15. The van der Waals surface area contributed by atoms with Gasteiger partial charge in [-0.15, -0.1) is 0 Å². The van der Waals surface area contributed by atoms with Crippen molar-refractivity contribution in [1.82, 2.24) is 9.80 Å². The molecule has 0 aliphatic heterocycles. The Hall–Kier alpha value is -2.93. The fourth-order valence-corrected chi connectivity index (χ4v) is 2.75. The summed E-state index contributed by atoms with van der Waals surface area (Å²) in [5, 5.41) is 10.3. The molecule has 7 heteroatoms. The van der Waals surface area contributed by atoms with Crippen LogP contribution in [0.15, 0.2) is 27.4 Å². The van der Waals surface area contributed by atoms with Crippen LogP contribution in [0.25, 0.3) is 17.0 Å². The maximum absolute atomic E-state index is 12.4. The Balaban J connectivity index is 2.40. The molecule has 1 amide bonds. The highest BCUT2D eigenvalue weighted by molar-refractivity contribution is 5.99. The minimum atomic E-state index is -0.672. The molecule has 2 aromatic rings. The number of amides is 1. The summed E-state index contributed by atoms with van der Waals surface area (Å²) in [6.45, 7) is 5.48. The molecular weight excluding hydrogens is 348 g/mol. The van der Waals surface area contributed by atoms with Crippen LogP contribution in [0.4, 0.5) is 0 Å². The second kappa shape index (κ2) is 8.64. The van der Waals surface area contributed by atoms with Gasteiger partial charge in [0.25, 0.3) is 0 Å². The largest absolute Gasteiger partial charge is 0.507 e. The number of hydrogen-bond donors (Lipinski definition) is 1. The van der Waals surface area contributed by atoms with E-state index in [1.165, 1.54) is 18.2 Å². The summed E-state index contributed by atoms with van der Waals surface area (Å²) < 4.78 is 5.24. The fourth-order valence-electron chi connectivity index (χ4n) is 2.75. The third kappa shape index (κ3) is 4.43. The van der Waals surface area contributed by atoms with E-state index in [9.17, 15) is 19.5 Å². The summed E-state index contributed by atoms with van der Waals surface area (Å²) in [5.41, 5.74) is 0.109. The first-order valence-electron chi connectivity index (χ1n) is 8.66. The lowest BCUT2D eigenvalue weighted by atomic mass is 10.0. The first-order chi connectivity index (χ1) is 12.8. The first-order valence-corrected chi connectivity index (χ1v) is 8.66. The Kier molecular flexibility index (Phi) is 6.52. The van der Waals surface area contributed by atoms with Crippen LogP contribution in [0.2, 0.25) is 0 Å². The van der Waals surface area contributed by atoms with Crippen molar-refractivity contribution < 1.29 is 19.1 Å². The normalized spacial score (nSPS) is 11.4. The number of carbonyl (C=O) groups is 2. The van der Waals surface area contributed by atoms with Crippen LogP contribution in [-0.4, -0.2) is 60.8 Å². The van der Waals surface area contributed by atoms with Gasteiger partial charge >= 0.3 is 5.63 Å². The summed E-state index contributed by atoms with van der Waals surface area (Å²) in [7, 11) is 3.87. The van der Waals surface area contributed by atoms with Crippen LogP contribution in [0.1, 0.15) is 28.4 Å². The van der Waals surface area contributed by atoms with E-state index in [1.54, 1.807) is 17.9 Å². The van der Waals surface area contributed by atoms with Crippen LogP contribution in [0, 0.1) is 6.92 Å². The van der Waals surface area contributed by atoms with E-state index in [0.29, 0.717) is 30.3 Å². The number of nitrogens with zero attached hydrogens (tertiary/aromatic N) is 2. The highest BCUT2D eigenvalue weighted by atomic mass is 16.4. The predicted octanol–water partition coefficient (Wildman–Crippen LogP) is 2.04. The number of carbonyl (C=O) groups excluding carboxylic acids is 2. The number of aldehydes is 1. The molecule has 0 bridgehead atoms. The molecule has 0 radical (unpaired) electrons. The number of benzene rings is 1. The molecular formula is C20H24N2O5. The lowest BCUT2D eigenvalue weighted by Crippen LogP contribution is -2.35. The summed E-state index contributed by atoms with van der Waals surface area (Å²) in [6.07, 6.45) is 3.24. The molecule has 0 unspecified atom stereocenters. The van der Waals surface area contributed by atoms with Crippen LogP contribution >= 0.6 is 0 Å². The van der Waals surface area contributed by atoms with Crippen molar-refractivity contribution in [2.75, 3.05) is 33.7 Å². The monoisotopic (exact) mass is 372 g/mol. The van der Waals surface area contributed by atoms with Crippen molar-refractivity contribution >= 4 is 29.2 Å². The number of fused-ring (bicyclic) bond motifs is 1. The number of aryl methyl sites for hydroxylation is 1. The van der Waals surface area contributed by atoms with E-state index in [0.717, 1.165) is 6.54 Å². The number of hydrogen-bond acceptors (Lipinski definition) is 6. The number of likely N-dealkylation sites (N-methyl/N-ethyl adjacent to an activating group) is 2. The SMILES string of the molecule is CCN(CCN(C)C)C(=O)/C=C/c1c(C)c2ccc(O)c(C=O)c2oc1=O. The van der Waals surface area contributed by atoms with Gasteiger partial charge in [0.15, 0.2) is 11.9 Å². The smallest absolute Gasteiger partial charge is 0.343 e. The minimum absolute atomic E-state index is 0.0390. The third-order valence-corrected chi connectivity index (χ3v) is 4.42. The molecule has 0 saturated heterocycles. The zero-order valence-corrected chi connectivity index (χ0v) is 16.0. The molecule has 1 aromatic heterocycles. The van der Waals surface area contributed by atoms with Crippen molar-refractivity contribution in [2.24, 2.45) is 0 Å². The Bertz CT molecular complexity index is 944. The van der Waals surface area contributed by atoms with E-state index < -0.39 is 5.63 Å². The molecule has 0 spiro atoms. The molecule has 1 aromatic carbocycles. The van der Waals surface area contributed by atoms with Gasteiger partial charge in [0.05, 0.1) is 11.1 Å². The van der Waals surface area contributed by atoms with Gasteiger partial charge in [-0.1, -0.05) is 0 Å². The van der Waals surface area contributed by atoms with Gasteiger partial charge in [-0.25, -0.2) is 4.79 Å². The minimum Gasteiger partial charge on any atom is -0.507 e. The molecule has 144 valence electrons. The van der Waals surface area contributed by atoms with Gasteiger partial charge < -0.3 is 19.3 Å². The van der Waals surface area contributed by atoms with E-state index in [2.05, 4.69) is 0 Å². The summed E-state index contributed by atoms with van der Waals surface area (Å²) >= 11 is 0. The zero-order valence-electron chi connectivity index (χ0n) is 16.0. The summed E-state index contributed by atoms with van der Waals surface area (Å²) in [6, 6.07) is 2.95. The van der Waals surface area contributed by atoms with Crippen LogP contribution < -0.4 is 5.63 Å². The molecule has 1 N–H and O–H groups in total.